The van der Waals surface area contributed by atoms with Crippen LogP contribution in [-0.2, 0) is 21.7 Å². The van der Waals surface area contributed by atoms with Crippen LogP contribution in [-0.4, -0.2) is 0 Å². The van der Waals surface area contributed by atoms with Crippen LogP contribution in [0.5, 0.6) is 0 Å². The van der Waals surface area contributed by atoms with Crippen molar-refractivity contribution in [2.24, 2.45) is 10.8 Å². The first-order chi connectivity index (χ1) is 8.90. The van der Waals surface area contributed by atoms with Crippen LogP contribution in [0, 0.1) is 30.4 Å². The monoisotopic (exact) mass is 333 g/mol. The first kappa shape index (κ1) is 23.9. The van der Waals surface area contributed by atoms with Crippen molar-refractivity contribution in [2.75, 3.05) is 0 Å². The van der Waals surface area contributed by atoms with E-state index < -0.39 is 0 Å². The topological polar surface area (TPSA) is 0 Å². The predicted molar refractivity (Wildman–Crippen MR) is 95.6 cm³/mol. The molecule has 0 amide bonds. The van der Waals surface area contributed by atoms with Gasteiger partial charge in [-0.1, -0.05) is 66.2 Å². The van der Waals surface area contributed by atoms with E-state index >= 15 is 0 Å². The molecule has 1 radical (unpaired) electrons. The SMILES string of the molecule is CC1=[C-]C(C)(C)C(C)=C1C.CC1=[C-]C(C)(C)C(C)=C1C.[CH3-].[Ti+3]. The van der Waals surface area contributed by atoms with Crippen molar-refractivity contribution < 1.29 is 21.7 Å². The fraction of sp³-hybridized carbons (Fsp3) is 0.571. The summed E-state index contributed by atoms with van der Waals surface area (Å²) in [7, 11) is 0. The van der Waals surface area contributed by atoms with Crippen LogP contribution in [0.2, 0.25) is 0 Å². The minimum atomic E-state index is 0. The molecule has 0 heterocycles. The van der Waals surface area contributed by atoms with Gasteiger partial charge in [-0.05, 0) is 0 Å². The molecule has 121 valence electrons. The summed E-state index contributed by atoms with van der Waals surface area (Å²) < 4.78 is 0. The van der Waals surface area contributed by atoms with Crippen molar-refractivity contribution in [3.05, 3.63) is 53.0 Å². The molecule has 2 aliphatic rings. The van der Waals surface area contributed by atoms with Gasteiger partial charge < -0.3 is 7.43 Å². The first-order valence-corrected chi connectivity index (χ1v) is 7.50. The number of rotatable bonds is 0. The van der Waals surface area contributed by atoms with Crippen molar-refractivity contribution in [2.45, 2.75) is 69.2 Å². The van der Waals surface area contributed by atoms with Crippen LogP contribution in [0.1, 0.15) is 69.2 Å². The van der Waals surface area contributed by atoms with E-state index in [1.54, 1.807) is 0 Å². The molecule has 0 fully saturated rings. The molecule has 1 heteroatoms. The third-order valence-electron chi connectivity index (χ3n) is 5.12. The van der Waals surface area contributed by atoms with Gasteiger partial charge in [0.15, 0.2) is 0 Å². The Morgan fingerprint density at radius 1 is 0.591 bits per heavy atom. The second-order valence-electron chi connectivity index (χ2n) is 7.25. The third-order valence-corrected chi connectivity index (χ3v) is 5.12. The Morgan fingerprint density at radius 3 is 0.864 bits per heavy atom. The molecule has 2 rings (SSSR count). The molecule has 0 spiro atoms. The van der Waals surface area contributed by atoms with Gasteiger partial charge in [-0.3, -0.25) is 12.2 Å². The summed E-state index contributed by atoms with van der Waals surface area (Å²) in [6.45, 7) is 21.8. The van der Waals surface area contributed by atoms with Crippen molar-refractivity contribution in [3.8, 4) is 0 Å². The zero-order chi connectivity index (χ0) is 15.9. The summed E-state index contributed by atoms with van der Waals surface area (Å²) in [6, 6.07) is 0. The first-order valence-electron chi connectivity index (χ1n) is 7.50. The zero-order valence-corrected chi connectivity index (χ0v) is 18.1. The summed E-state index contributed by atoms with van der Waals surface area (Å²) in [5, 5.41) is 0. The molecule has 0 bridgehead atoms. The summed E-state index contributed by atoms with van der Waals surface area (Å²) in [5.74, 6) is 0. The summed E-state index contributed by atoms with van der Waals surface area (Å²) >= 11 is 0. The fourth-order valence-electron chi connectivity index (χ4n) is 2.81. The minimum Gasteiger partial charge on any atom is -0.358 e. The van der Waals surface area contributed by atoms with Crippen molar-refractivity contribution in [1.29, 1.82) is 0 Å². The van der Waals surface area contributed by atoms with E-state index in [4.69, 9.17) is 0 Å². The molecule has 0 unspecified atom stereocenters. The number of allylic oxidation sites excluding steroid dienone is 8. The Kier molecular flexibility index (Phi) is 8.68. The van der Waals surface area contributed by atoms with Crippen molar-refractivity contribution in [1.82, 2.24) is 0 Å². The average molecular weight is 333 g/mol. The fourth-order valence-corrected chi connectivity index (χ4v) is 2.81. The van der Waals surface area contributed by atoms with Gasteiger partial charge in [-0.2, -0.15) is 22.3 Å². The molecule has 0 saturated heterocycles. The van der Waals surface area contributed by atoms with Crippen LogP contribution in [0.25, 0.3) is 0 Å². The maximum Gasteiger partial charge on any atom is 3.00 e. The second kappa shape index (κ2) is 7.98. The maximum atomic E-state index is 3.44. The second-order valence-corrected chi connectivity index (χ2v) is 7.25. The quantitative estimate of drug-likeness (QED) is 0.343. The van der Waals surface area contributed by atoms with E-state index in [1.807, 2.05) is 0 Å². The third kappa shape index (κ3) is 4.83. The van der Waals surface area contributed by atoms with Gasteiger partial charge in [0.2, 0.25) is 0 Å². The van der Waals surface area contributed by atoms with Crippen LogP contribution in [0.3, 0.4) is 0 Å². The van der Waals surface area contributed by atoms with Crippen molar-refractivity contribution in [3.63, 3.8) is 0 Å². The molecule has 22 heavy (non-hydrogen) atoms. The van der Waals surface area contributed by atoms with Gasteiger partial charge in [0.05, 0.1) is 0 Å². The average Bonchev–Trinajstić information content (AvgIpc) is 2.60. The molecular weight excluding hydrogens is 300 g/mol. The Hall–Kier alpha value is -0.326. The van der Waals surface area contributed by atoms with Gasteiger partial charge in [0.25, 0.3) is 0 Å². The standard InChI is InChI=1S/2C10H15.CH3.Ti/c2*1-7-6-10(4,5)9(3)8(7)2;;/h2*1-5H3;1H3;/q3*-1;+3. The molecule has 0 N–H and O–H groups in total. The number of hydrogen-bond acceptors (Lipinski definition) is 0. The molecule has 0 aromatic rings. The number of hydrogen-bond donors (Lipinski definition) is 0. The largest absolute Gasteiger partial charge is 3.00 e. The Labute approximate surface area is 154 Å². The van der Waals surface area contributed by atoms with Gasteiger partial charge in [0.1, 0.15) is 0 Å². The zero-order valence-electron chi connectivity index (χ0n) is 16.5. The summed E-state index contributed by atoms with van der Waals surface area (Å²) in [6.07, 6.45) is 6.87. The van der Waals surface area contributed by atoms with Crippen LogP contribution < -0.4 is 0 Å². The van der Waals surface area contributed by atoms with E-state index in [-0.39, 0.29) is 40.0 Å². The minimum absolute atomic E-state index is 0. The van der Waals surface area contributed by atoms with E-state index in [0.29, 0.717) is 0 Å². The molecular formula is C21H33Ti. The molecule has 0 atom stereocenters. The molecule has 0 aromatic heterocycles. The normalized spacial score (nSPS) is 21.4. The Morgan fingerprint density at radius 2 is 0.818 bits per heavy atom. The van der Waals surface area contributed by atoms with E-state index in [2.05, 4.69) is 81.4 Å². The molecule has 0 aliphatic heterocycles. The molecule has 0 nitrogen and oxygen atoms in total. The van der Waals surface area contributed by atoms with Gasteiger partial charge in [0, 0.05) is 0 Å². The van der Waals surface area contributed by atoms with Gasteiger partial charge in [-0.15, -0.1) is 13.8 Å². The van der Waals surface area contributed by atoms with E-state index in [1.165, 1.54) is 33.4 Å². The molecule has 0 saturated carbocycles. The van der Waals surface area contributed by atoms with E-state index in [0.717, 1.165) is 0 Å². The summed E-state index contributed by atoms with van der Waals surface area (Å²) in [4.78, 5) is 0. The smallest absolute Gasteiger partial charge is 0.358 e. The maximum absolute atomic E-state index is 3.44. The molecule has 0 aromatic carbocycles. The summed E-state index contributed by atoms with van der Waals surface area (Å²) in [5.41, 5.74) is 8.79. The predicted octanol–water partition coefficient (Wildman–Crippen LogP) is 6.67. The molecule has 2 aliphatic carbocycles. The van der Waals surface area contributed by atoms with Gasteiger partial charge >= 0.3 is 21.7 Å². The van der Waals surface area contributed by atoms with Crippen LogP contribution in [0.15, 0.2) is 33.4 Å². The van der Waals surface area contributed by atoms with Crippen molar-refractivity contribution >= 4 is 0 Å². The van der Waals surface area contributed by atoms with Gasteiger partial charge in [-0.25, -0.2) is 11.1 Å². The Bertz CT molecular complexity index is 484. The van der Waals surface area contributed by atoms with Crippen LogP contribution >= 0.6 is 0 Å². The Balaban J connectivity index is 0. The van der Waals surface area contributed by atoms with Crippen LogP contribution in [0.4, 0.5) is 0 Å². The van der Waals surface area contributed by atoms with E-state index in [9.17, 15) is 0 Å².